The van der Waals surface area contributed by atoms with E-state index >= 15 is 0 Å². The second-order valence-corrected chi connectivity index (χ2v) is 8.47. The molecular formula is C19H32N6S. The van der Waals surface area contributed by atoms with E-state index in [1.54, 1.807) is 0 Å². The standard InChI is InChI=1S/C19H32N6S/c1-4-17-15-25(11-12-26-17)19(20-2)22-14-16-5-6-18(21-13-16)24-9-7-23(3)8-10-24/h5-6,13,17H,4,7-12,14-15H2,1-3H3,(H,20,22). The Balaban J connectivity index is 1.52. The Morgan fingerprint density at radius 1 is 1.27 bits per heavy atom. The number of aromatic nitrogens is 1. The normalized spacial score (nSPS) is 22.6. The van der Waals surface area contributed by atoms with Crippen molar-refractivity contribution in [2.75, 3.05) is 64.0 Å². The Morgan fingerprint density at radius 3 is 2.73 bits per heavy atom. The lowest BCUT2D eigenvalue weighted by Gasteiger charge is -2.34. The molecule has 0 aliphatic carbocycles. The molecule has 1 atom stereocenters. The van der Waals surface area contributed by atoms with Gasteiger partial charge in [-0.15, -0.1) is 0 Å². The zero-order valence-electron chi connectivity index (χ0n) is 16.3. The molecule has 1 aromatic heterocycles. The first-order valence-corrected chi connectivity index (χ1v) is 10.7. The van der Waals surface area contributed by atoms with E-state index < -0.39 is 0 Å². The van der Waals surface area contributed by atoms with E-state index in [0.717, 1.165) is 57.6 Å². The summed E-state index contributed by atoms with van der Waals surface area (Å²) in [5.74, 6) is 3.28. The van der Waals surface area contributed by atoms with Crippen LogP contribution in [0.15, 0.2) is 23.3 Å². The van der Waals surface area contributed by atoms with Crippen LogP contribution in [-0.2, 0) is 6.54 Å². The van der Waals surface area contributed by atoms with Crippen LogP contribution in [0.1, 0.15) is 18.9 Å². The van der Waals surface area contributed by atoms with Crippen LogP contribution in [0, 0.1) is 0 Å². The number of piperazine rings is 1. The molecule has 2 aliphatic rings. The SMILES string of the molecule is CCC1CN(C(=NC)NCc2ccc(N3CCN(C)CC3)nc2)CCS1. The van der Waals surface area contributed by atoms with Crippen LogP contribution >= 0.6 is 11.8 Å². The summed E-state index contributed by atoms with van der Waals surface area (Å²) in [4.78, 5) is 16.3. The number of nitrogens with one attached hydrogen (secondary N) is 1. The zero-order chi connectivity index (χ0) is 18.4. The van der Waals surface area contributed by atoms with E-state index in [4.69, 9.17) is 0 Å². The van der Waals surface area contributed by atoms with Crippen molar-refractivity contribution in [3.8, 4) is 0 Å². The molecule has 1 N–H and O–H groups in total. The minimum atomic E-state index is 0.715. The minimum absolute atomic E-state index is 0.715. The molecule has 0 amide bonds. The van der Waals surface area contributed by atoms with Gasteiger partial charge in [-0.05, 0) is 25.1 Å². The first kappa shape index (κ1) is 19.3. The highest BCUT2D eigenvalue weighted by atomic mass is 32.2. The zero-order valence-corrected chi connectivity index (χ0v) is 17.1. The summed E-state index contributed by atoms with van der Waals surface area (Å²) in [5.41, 5.74) is 1.20. The van der Waals surface area contributed by atoms with Crippen molar-refractivity contribution in [1.82, 2.24) is 20.1 Å². The largest absolute Gasteiger partial charge is 0.354 e. The lowest BCUT2D eigenvalue weighted by molar-refractivity contribution is 0.312. The number of hydrogen-bond acceptors (Lipinski definition) is 5. The van der Waals surface area contributed by atoms with Crippen molar-refractivity contribution in [3.63, 3.8) is 0 Å². The second kappa shape index (κ2) is 9.46. The number of pyridine rings is 1. The summed E-state index contributed by atoms with van der Waals surface area (Å²) in [6.45, 7) is 9.51. The van der Waals surface area contributed by atoms with Crippen molar-refractivity contribution in [1.29, 1.82) is 0 Å². The van der Waals surface area contributed by atoms with Crippen LogP contribution in [0.25, 0.3) is 0 Å². The summed E-state index contributed by atoms with van der Waals surface area (Å²) >= 11 is 2.08. The number of guanidine groups is 1. The molecule has 3 rings (SSSR count). The maximum atomic E-state index is 4.68. The lowest BCUT2D eigenvalue weighted by Crippen LogP contribution is -2.47. The smallest absolute Gasteiger partial charge is 0.193 e. The Bertz CT molecular complexity index is 582. The fourth-order valence-electron chi connectivity index (χ4n) is 3.42. The van der Waals surface area contributed by atoms with Crippen LogP contribution in [0.3, 0.4) is 0 Å². The van der Waals surface area contributed by atoms with Gasteiger partial charge in [0.15, 0.2) is 5.96 Å². The number of rotatable bonds is 4. The van der Waals surface area contributed by atoms with Gasteiger partial charge in [-0.25, -0.2) is 4.98 Å². The molecule has 144 valence electrons. The van der Waals surface area contributed by atoms with Gasteiger partial charge in [0.1, 0.15) is 5.82 Å². The summed E-state index contributed by atoms with van der Waals surface area (Å²) in [6.07, 6.45) is 3.21. The Hall–Kier alpha value is -1.47. The van der Waals surface area contributed by atoms with Crippen LogP contribution in [0.5, 0.6) is 0 Å². The molecule has 2 aliphatic heterocycles. The molecule has 2 fully saturated rings. The van der Waals surface area contributed by atoms with Gasteiger partial charge in [0.2, 0.25) is 0 Å². The van der Waals surface area contributed by atoms with Crippen LogP contribution < -0.4 is 10.2 Å². The highest BCUT2D eigenvalue weighted by Crippen LogP contribution is 2.21. The fourth-order valence-corrected chi connectivity index (χ4v) is 4.60. The maximum absolute atomic E-state index is 4.68. The van der Waals surface area contributed by atoms with E-state index in [1.165, 1.54) is 17.7 Å². The molecule has 3 heterocycles. The predicted octanol–water partition coefficient (Wildman–Crippen LogP) is 1.74. The van der Waals surface area contributed by atoms with Crippen molar-refractivity contribution in [2.45, 2.75) is 25.1 Å². The van der Waals surface area contributed by atoms with E-state index in [-0.39, 0.29) is 0 Å². The fraction of sp³-hybridized carbons (Fsp3) is 0.684. The van der Waals surface area contributed by atoms with Gasteiger partial charge in [0.05, 0.1) is 0 Å². The quantitative estimate of drug-likeness (QED) is 0.638. The number of hydrogen-bond donors (Lipinski definition) is 1. The van der Waals surface area contributed by atoms with E-state index in [2.05, 4.69) is 67.9 Å². The summed E-state index contributed by atoms with van der Waals surface area (Å²) in [7, 11) is 4.05. The lowest BCUT2D eigenvalue weighted by atomic mass is 10.2. The molecule has 0 bridgehead atoms. The minimum Gasteiger partial charge on any atom is -0.354 e. The average Bonchev–Trinajstić information content (AvgIpc) is 2.70. The molecular weight excluding hydrogens is 344 g/mol. The number of anilines is 1. The van der Waals surface area contributed by atoms with Crippen molar-refractivity contribution in [3.05, 3.63) is 23.9 Å². The van der Waals surface area contributed by atoms with Crippen molar-refractivity contribution in [2.24, 2.45) is 4.99 Å². The predicted molar refractivity (Wildman–Crippen MR) is 112 cm³/mol. The number of nitrogens with zero attached hydrogens (tertiary/aromatic N) is 5. The van der Waals surface area contributed by atoms with Gasteiger partial charge in [0.25, 0.3) is 0 Å². The molecule has 1 unspecified atom stereocenters. The van der Waals surface area contributed by atoms with Crippen LogP contribution in [-0.4, -0.2) is 85.1 Å². The van der Waals surface area contributed by atoms with E-state index in [1.807, 2.05) is 13.2 Å². The Labute approximate surface area is 162 Å². The van der Waals surface area contributed by atoms with Gasteiger partial charge in [-0.1, -0.05) is 13.0 Å². The second-order valence-electron chi connectivity index (χ2n) is 7.06. The van der Waals surface area contributed by atoms with Crippen molar-refractivity contribution >= 4 is 23.5 Å². The molecule has 0 saturated carbocycles. The third-order valence-corrected chi connectivity index (χ3v) is 6.56. The highest BCUT2D eigenvalue weighted by molar-refractivity contribution is 8.00. The molecule has 7 heteroatoms. The summed E-state index contributed by atoms with van der Waals surface area (Å²) < 4.78 is 0. The number of aliphatic imine (C=N–C) groups is 1. The molecule has 0 spiro atoms. The van der Waals surface area contributed by atoms with Gasteiger partial charge in [-0.3, -0.25) is 4.99 Å². The topological polar surface area (TPSA) is 47.0 Å². The van der Waals surface area contributed by atoms with Gasteiger partial charge >= 0.3 is 0 Å². The summed E-state index contributed by atoms with van der Waals surface area (Å²) in [5, 5.41) is 4.23. The maximum Gasteiger partial charge on any atom is 0.193 e. The van der Waals surface area contributed by atoms with Crippen LogP contribution in [0.2, 0.25) is 0 Å². The Morgan fingerprint density at radius 2 is 2.08 bits per heavy atom. The highest BCUT2D eigenvalue weighted by Gasteiger charge is 2.21. The molecule has 6 nitrogen and oxygen atoms in total. The van der Waals surface area contributed by atoms with Gasteiger partial charge in [0, 0.05) is 70.1 Å². The van der Waals surface area contributed by atoms with E-state index in [0.29, 0.717) is 5.25 Å². The third-order valence-electron chi connectivity index (χ3n) is 5.19. The Kier molecular flexibility index (Phi) is 7.02. The van der Waals surface area contributed by atoms with Crippen LogP contribution in [0.4, 0.5) is 5.82 Å². The molecule has 0 aromatic carbocycles. The average molecular weight is 377 g/mol. The first-order chi connectivity index (χ1) is 12.7. The van der Waals surface area contributed by atoms with Gasteiger partial charge in [-0.2, -0.15) is 11.8 Å². The monoisotopic (exact) mass is 376 g/mol. The number of thioether (sulfide) groups is 1. The molecule has 26 heavy (non-hydrogen) atoms. The van der Waals surface area contributed by atoms with Crippen molar-refractivity contribution < 1.29 is 0 Å². The number of likely N-dealkylation sites (N-methyl/N-ethyl adjacent to an activating group) is 1. The third kappa shape index (κ3) is 5.04. The van der Waals surface area contributed by atoms with E-state index in [9.17, 15) is 0 Å². The van der Waals surface area contributed by atoms with Gasteiger partial charge < -0.3 is 20.0 Å². The molecule has 2 saturated heterocycles. The first-order valence-electron chi connectivity index (χ1n) is 9.65. The summed E-state index contributed by atoms with van der Waals surface area (Å²) in [6, 6.07) is 4.33. The molecule has 1 aromatic rings. The molecule has 0 radical (unpaired) electrons.